The first-order chi connectivity index (χ1) is 19.7. The van der Waals surface area contributed by atoms with Crippen molar-refractivity contribution in [2.45, 2.75) is 24.9 Å². The first-order valence-corrected chi connectivity index (χ1v) is 13.2. The van der Waals surface area contributed by atoms with Crippen LogP contribution in [0, 0.1) is 15.9 Å². The predicted molar refractivity (Wildman–Crippen MR) is 152 cm³/mol. The lowest BCUT2D eigenvalue weighted by Gasteiger charge is -2.36. The van der Waals surface area contributed by atoms with Gasteiger partial charge in [0.25, 0.3) is 0 Å². The molecule has 0 bridgehead atoms. The number of rotatable bonds is 10. The highest BCUT2D eigenvalue weighted by Gasteiger charge is 2.52. The Kier molecular flexibility index (Phi) is 8.04. The van der Waals surface area contributed by atoms with Crippen LogP contribution < -0.4 is 10.1 Å². The van der Waals surface area contributed by atoms with Crippen molar-refractivity contribution in [3.63, 3.8) is 0 Å². The number of halogens is 1. The van der Waals surface area contributed by atoms with Crippen LogP contribution in [0.4, 0.5) is 10.3 Å². The maximum atomic E-state index is 15.4. The molecule has 1 aliphatic heterocycles. The number of hydrogen-bond donors (Lipinski definition) is 1. The van der Waals surface area contributed by atoms with Gasteiger partial charge in [-0.05, 0) is 33.3 Å². The Labute approximate surface area is 237 Å². The number of anilines is 1. The van der Waals surface area contributed by atoms with Gasteiger partial charge in [0.1, 0.15) is 17.5 Å². The Morgan fingerprint density at radius 1 is 1.29 bits per heavy atom. The molecule has 13 heteroatoms. The quantitative estimate of drug-likeness (QED) is 0.222. The number of hydrogen-bond acceptors (Lipinski definition) is 10. The van der Waals surface area contributed by atoms with Gasteiger partial charge >= 0.3 is 5.72 Å². The van der Waals surface area contributed by atoms with E-state index in [2.05, 4.69) is 19.9 Å². The molecular weight excluding hydrogens is 533 g/mol. The highest BCUT2D eigenvalue weighted by molar-refractivity contribution is 6.00. The van der Waals surface area contributed by atoms with Crippen LogP contribution in [-0.2, 0) is 22.6 Å². The number of nitrogens with zero attached hydrogens (tertiary/aromatic N) is 6. The molecule has 0 amide bonds. The topological polar surface area (TPSA) is 120 Å². The summed E-state index contributed by atoms with van der Waals surface area (Å²) in [6, 6.07) is 4.95. The van der Waals surface area contributed by atoms with Crippen LogP contribution in [-0.4, -0.2) is 96.1 Å². The molecule has 1 aromatic carbocycles. The summed E-state index contributed by atoms with van der Waals surface area (Å²) in [6.07, 6.45) is 5.94. The van der Waals surface area contributed by atoms with E-state index < -0.39 is 22.5 Å². The van der Waals surface area contributed by atoms with E-state index in [0.717, 1.165) is 22.8 Å². The van der Waals surface area contributed by atoms with E-state index in [1.54, 1.807) is 19.3 Å². The third-order valence-corrected chi connectivity index (χ3v) is 7.54. The average molecular weight is 568 g/mol. The molecule has 2 atom stereocenters. The minimum absolute atomic E-state index is 0.0813. The number of nitrogens with one attached hydrogen (secondary N) is 1. The highest BCUT2D eigenvalue weighted by atomic mass is 19.1. The first kappa shape index (κ1) is 28.6. The molecule has 2 aromatic heterocycles. The van der Waals surface area contributed by atoms with Gasteiger partial charge < -0.3 is 29.0 Å². The number of para-hydroxylation sites is 1. The zero-order chi connectivity index (χ0) is 29.3. The Hall–Kier alpha value is -3.91. The Balaban J connectivity index is 1.52. The van der Waals surface area contributed by atoms with Crippen molar-refractivity contribution in [3.05, 3.63) is 69.9 Å². The van der Waals surface area contributed by atoms with Crippen LogP contribution in [0.3, 0.4) is 0 Å². The van der Waals surface area contributed by atoms with Crippen LogP contribution >= 0.6 is 0 Å². The summed E-state index contributed by atoms with van der Waals surface area (Å²) in [4.78, 5) is 24.5. The second kappa shape index (κ2) is 11.5. The van der Waals surface area contributed by atoms with Gasteiger partial charge in [0.2, 0.25) is 5.95 Å². The first-order valence-electron chi connectivity index (χ1n) is 13.2. The maximum Gasteiger partial charge on any atom is 0.365 e. The van der Waals surface area contributed by atoms with Gasteiger partial charge in [-0.3, -0.25) is 15.0 Å². The molecule has 0 fully saturated rings. The molecule has 0 radical (unpaired) electrons. The fraction of sp³-hybridized carbons (Fsp3) is 0.429. The van der Waals surface area contributed by atoms with Gasteiger partial charge in [0, 0.05) is 49.5 Å². The summed E-state index contributed by atoms with van der Waals surface area (Å²) in [5.41, 5.74) is 0.808. The Morgan fingerprint density at radius 3 is 2.80 bits per heavy atom. The van der Waals surface area contributed by atoms with Gasteiger partial charge in [-0.25, -0.2) is 14.4 Å². The normalized spacial score (nSPS) is 20.4. The van der Waals surface area contributed by atoms with Crippen molar-refractivity contribution in [2.75, 3.05) is 60.4 Å². The molecule has 5 rings (SSSR count). The number of nitro groups is 1. The molecule has 3 aromatic rings. The molecule has 41 heavy (non-hydrogen) atoms. The van der Waals surface area contributed by atoms with E-state index in [1.807, 2.05) is 49.1 Å². The summed E-state index contributed by atoms with van der Waals surface area (Å²) in [5.74, 6) is 0.146. The monoisotopic (exact) mass is 567 g/mol. The minimum atomic E-state index is -1.85. The van der Waals surface area contributed by atoms with E-state index in [0.29, 0.717) is 43.3 Å². The van der Waals surface area contributed by atoms with E-state index in [9.17, 15) is 10.1 Å². The van der Waals surface area contributed by atoms with E-state index in [4.69, 9.17) is 14.2 Å². The Morgan fingerprint density at radius 2 is 2.10 bits per heavy atom. The standard InChI is InChI=1S/C28H34FN7O5/c1-33(2)11-12-34(3)23-10-9-18(15-28(23,40-5)36(37)38)31-27-30-16-20(29)25(32-27)24-19-7-6-8-22(39-4)26(19)35-13-14-41-17-21(24)35/h6-10,15-16,23H,11-14,17H2,1-5H3,(H,30,31,32). The Bertz CT molecular complexity index is 1520. The van der Waals surface area contributed by atoms with Crippen molar-refractivity contribution in [1.29, 1.82) is 0 Å². The second-order valence-corrected chi connectivity index (χ2v) is 10.3. The van der Waals surface area contributed by atoms with Crippen LogP contribution in [0.1, 0.15) is 5.69 Å². The van der Waals surface area contributed by atoms with Crippen molar-refractivity contribution >= 4 is 16.9 Å². The molecular formula is C28H34FN7O5. The molecule has 218 valence electrons. The molecule has 1 N–H and O–H groups in total. The number of methoxy groups -OCH3 is 2. The number of fused-ring (bicyclic) bond motifs is 3. The summed E-state index contributed by atoms with van der Waals surface area (Å²) in [6.45, 7) is 2.71. The summed E-state index contributed by atoms with van der Waals surface area (Å²) < 4.78 is 34.3. The van der Waals surface area contributed by atoms with Crippen molar-refractivity contribution in [1.82, 2.24) is 24.3 Å². The van der Waals surface area contributed by atoms with Gasteiger partial charge in [-0.1, -0.05) is 18.2 Å². The molecule has 12 nitrogen and oxygen atoms in total. The van der Waals surface area contributed by atoms with Crippen molar-refractivity contribution < 1.29 is 23.5 Å². The zero-order valence-corrected chi connectivity index (χ0v) is 23.8. The summed E-state index contributed by atoms with van der Waals surface area (Å²) >= 11 is 0. The number of ether oxygens (including phenoxy) is 3. The lowest BCUT2D eigenvalue weighted by atomic mass is 9.95. The average Bonchev–Trinajstić information content (AvgIpc) is 3.31. The van der Waals surface area contributed by atoms with Gasteiger partial charge in [-0.15, -0.1) is 0 Å². The molecule has 0 spiro atoms. The lowest BCUT2D eigenvalue weighted by molar-refractivity contribution is -0.617. The third-order valence-electron chi connectivity index (χ3n) is 7.54. The molecule has 3 heterocycles. The minimum Gasteiger partial charge on any atom is -0.495 e. The van der Waals surface area contributed by atoms with Gasteiger partial charge in [0.15, 0.2) is 5.82 Å². The fourth-order valence-corrected chi connectivity index (χ4v) is 5.45. The second-order valence-electron chi connectivity index (χ2n) is 10.3. The van der Waals surface area contributed by atoms with Gasteiger partial charge in [-0.2, -0.15) is 0 Å². The van der Waals surface area contributed by atoms with E-state index in [1.165, 1.54) is 13.2 Å². The number of benzene rings is 1. The fourth-order valence-electron chi connectivity index (χ4n) is 5.45. The van der Waals surface area contributed by atoms with Crippen LogP contribution in [0.2, 0.25) is 0 Å². The third kappa shape index (κ3) is 5.17. The highest BCUT2D eigenvalue weighted by Crippen LogP contribution is 2.41. The predicted octanol–water partition coefficient (Wildman–Crippen LogP) is 3.12. The maximum absolute atomic E-state index is 15.4. The summed E-state index contributed by atoms with van der Waals surface area (Å²) in [7, 11) is 8.61. The molecule has 0 saturated heterocycles. The van der Waals surface area contributed by atoms with Gasteiger partial charge in [0.05, 0.1) is 42.7 Å². The lowest BCUT2D eigenvalue weighted by Crippen LogP contribution is -2.57. The summed E-state index contributed by atoms with van der Waals surface area (Å²) in [5, 5.41) is 16.2. The molecule has 1 aliphatic carbocycles. The van der Waals surface area contributed by atoms with Crippen LogP contribution in [0.5, 0.6) is 5.75 Å². The SMILES string of the molecule is COc1cccc2c(-c3nc(NC4=CC(OC)([N+](=O)[O-])C(N(C)CCN(C)C)C=C4)ncc3F)c3n(c12)CCOC3. The van der Waals surface area contributed by atoms with E-state index in [-0.39, 0.29) is 18.2 Å². The molecule has 2 aliphatic rings. The van der Waals surface area contributed by atoms with Crippen LogP contribution in [0.25, 0.3) is 22.2 Å². The number of likely N-dealkylation sites (N-methyl/N-ethyl adjacent to an activating group) is 2. The van der Waals surface area contributed by atoms with Crippen molar-refractivity contribution in [2.24, 2.45) is 0 Å². The van der Waals surface area contributed by atoms with Crippen molar-refractivity contribution in [3.8, 4) is 17.0 Å². The number of aromatic nitrogens is 3. The number of allylic oxidation sites excluding steroid dienone is 1. The van der Waals surface area contributed by atoms with E-state index >= 15 is 4.39 Å². The zero-order valence-electron chi connectivity index (χ0n) is 23.8. The smallest absolute Gasteiger partial charge is 0.365 e. The van der Waals surface area contributed by atoms with Crippen LogP contribution in [0.15, 0.2) is 48.3 Å². The largest absolute Gasteiger partial charge is 0.495 e. The molecule has 2 unspecified atom stereocenters. The molecule has 0 saturated carbocycles.